The highest BCUT2D eigenvalue weighted by Crippen LogP contribution is 2.22. The molecule has 0 radical (unpaired) electrons. The van der Waals surface area contributed by atoms with E-state index < -0.39 is 0 Å². The second kappa shape index (κ2) is 6.01. The van der Waals surface area contributed by atoms with Crippen molar-refractivity contribution in [2.75, 3.05) is 11.9 Å². The van der Waals surface area contributed by atoms with Crippen LogP contribution in [-0.2, 0) is 4.79 Å². The molecule has 0 bridgehead atoms. The van der Waals surface area contributed by atoms with Crippen LogP contribution in [-0.4, -0.2) is 39.9 Å². The molecule has 7 heteroatoms. The van der Waals surface area contributed by atoms with Gasteiger partial charge in [0.1, 0.15) is 0 Å². The molecular weight excluding hydrogens is 336 g/mol. The molecule has 6 nitrogen and oxygen atoms in total. The number of halogens is 1. The largest absolute Gasteiger partial charge is 0.336 e. The molecule has 1 aliphatic rings. The molecule has 2 heterocycles. The van der Waals surface area contributed by atoms with Gasteiger partial charge >= 0.3 is 6.03 Å². The summed E-state index contributed by atoms with van der Waals surface area (Å²) in [6.07, 6.45) is 3.54. The molecule has 1 unspecified atom stereocenters. The van der Waals surface area contributed by atoms with Crippen molar-refractivity contribution in [1.82, 2.24) is 15.2 Å². The second-order valence-corrected chi connectivity index (χ2v) is 6.88. The van der Waals surface area contributed by atoms with E-state index in [1.54, 1.807) is 23.4 Å². The van der Waals surface area contributed by atoms with Crippen molar-refractivity contribution in [3.8, 4) is 0 Å². The Balaban J connectivity index is 1.93. The Hall–Kier alpha value is -1.63. The van der Waals surface area contributed by atoms with Crippen molar-refractivity contribution in [1.29, 1.82) is 0 Å². The highest BCUT2D eigenvalue weighted by molar-refractivity contribution is 9.10. The van der Waals surface area contributed by atoms with E-state index in [0.717, 1.165) is 0 Å². The maximum absolute atomic E-state index is 12.0. The third-order valence-corrected chi connectivity index (χ3v) is 3.92. The summed E-state index contributed by atoms with van der Waals surface area (Å²) in [7, 11) is 0. The maximum Gasteiger partial charge on any atom is 0.319 e. The van der Waals surface area contributed by atoms with Crippen LogP contribution < -0.4 is 10.6 Å². The third kappa shape index (κ3) is 3.93. The summed E-state index contributed by atoms with van der Waals surface area (Å²) in [5, 5.41) is 5.57. The molecule has 3 amide bonds. The van der Waals surface area contributed by atoms with Crippen LogP contribution >= 0.6 is 15.9 Å². The SMILES string of the molecule is CC(C)(C)N1CC(NC(=O)Nc2ccncc2Br)CC1=O. The van der Waals surface area contributed by atoms with Gasteiger partial charge in [-0.05, 0) is 42.8 Å². The molecule has 2 N–H and O–H groups in total. The number of nitrogens with zero attached hydrogens (tertiary/aromatic N) is 2. The van der Waals surface area contributed by atoms with Gasteiger partial charge in [0.2, 0.25) is 5.91 Å². The standard InChI is InChI=1S/C14H19BrN4O2/c1-14(2,3)19-8-9(6-12(19)20)17-13(21)18-11-4-5-16-7-10(11)15/h4-5,7,9H,6,8H2,1-3H3,(H2,16,17,18,21). The van der Waals surface area contributed by atoms with Gasteiger partial charge in [-0.25, -0.2) is 4.79 Å². The number of anilines is 1. The minimum Gasteiger partial charge on any atom is -0.336 e. The minimum atomic E-state index is -0.324. The van der Waals surface area contributed by atoms with Gasteiger partial charge in [-0.15, -0.1) is 0 Å². The molecule has 1 aromatic rings. The molecule has 114 valence electrons. The van der Waals surface area contributed by atoms with E-state index in [1.165, 1.54) is 0 Å². The van der Waals surface area contributed by atoms with Crippen molar-refractivity contribution in [3.05, 3.63) is 22.9 Å². The summed E-state index contributed by atoms with van der Waals surface area (Å²) in [4.78, 5) is 29.7. The van der Waals surface area contributed by atoms with E-state index in [4.69, 9.17) is 0 Å². The highest BCUT2D eigenvalue weighted by atomic mass is 79.9. The van der Waals surface area contributed by atoms with Crippen molar-refractivity contribution in [3.63, 3.8) is 0 Å². The molecule has 0 spiro atoms. The number of rotatable bonds is 2. The Bertz CT molecular complexity index is 556. The fourth-order valence-electron chi connectivity index (χ4n) is 2.27. The first-order valence-electron chi connectivity index (χ1n) is 6.75. The number of likely N-dealkylation sites (tertiary alicyclic amines) is 1. The molecule has 1 aromatic heterocycles. The number of carbonyl (C=O) groups is 2. The predicted octanol–water partition coefficient (Wildman–Crippen LogP) is 2.37. The van der Waals surface area contributed by atoms with E-state index in [2.05, 4.69) is 31.5 Å². The molecule has 2 rings (SSSR count). The summed E-state index contributed by atoms with van der Waals surface area (Å²) in [5.41, 5.74) is 0.414. The van der Waals surface area contributed by atoms with Gasteiger partial charge < -0.3 is 15.5 Å². The van der Waals surface area contributed by atoms with Gasteiger partial charge in [0.15, 0.2) is 0 Å². The van der Waals surface area contributed by atoms with Gasteiger partial charge in [-0.3, -0.25) is 9.78 Å². The predicted molar refractivity (Wildman–Crippen MR) is 84.0 cm³/mol. The normalized spacial score (nSPS) is 18.8. The molecule has 0 aromatic carbocycles. The average molecular weight is 355 g/mol. The lowest BCUT2D eigenvalue weighted by Crippen LogP contribution is -2.45. The molecule has 0 aliphatic carbocycles. The fourth-order valence-corrected chi connectivity index (χ4v) is 2.62. The summed E-state index contributed by atoms with van der Waals surface area (Å²) < 4.78 is 0.707. The highest BCUT2D eigenvalue weighted by Gasteiger charge is 2.36. The number of amides is 3. The summed E-state index contributed by atoms with van der Waals surface area (Å²) in [5.74, 6) is 0.0675. The molecule has 1 aliphatic heterocycles. The Morgan fingerprint density at radius 3 is 2.76 bits per heavy atom. The molecule has 21 heavy (non-hydrogen) atoms. The van der Waals surface area contributed by atoms with E-state index in [1.807, 2.05) is 20.8 Å². The Labute approximate surface area is 132 Å². The lowest BCUT2D eigenvalue weighted by atomic mass is 10.1. The molecule has 0 saturated carbocycles. The molecule has 1 fully saturated rings. The van der Waals surface area contributed by atoms with E-state index >= 15 is 0 Å². The zero-order chi connectivity index (χ0) is 15.6. The topological polar surface area (TPSA) is 74.3 Å². The van der Waals surface area contributed by atoms with Gasteiger partial charge in [-0.2, -0.15) is 0 Å². The monoisotopic (exact) mass is 354 g/mol. The number of pyridine rings is 1. The average Bonchev–Trinajstić information content (AvgIpc) is 2.73. The Kier molecular flexibility index (Phi) is 4.51. The quantitative estimate of drug-likeness (QED) is 0.855. The fraction of sp³-hybridized carbons (Fsp3) is 0.500. The summed E-state index contributed by atoms with van der Waals surface area (Å²) in [6, 6.07) is 1.21. The first-order valence-corrected chi connectivity index (χ1v) is 7.54. The molecule has 1 atom stereocenters. The number of urea groups is 1. The van der Waals surface area contributed by atoms with Crippen LogP contribution in [0.25, 0.3) is 0 Å². The van der Waals surface area contributed by atoms with Gasteiger partial charge in [0, 0.05) is 30.9 Å². The first kappa shape index (κ1) is 15.8. The van der Waals surface area contributed by atoms with Crippen LogP contribution in [0.15, 0.2) is 22.9 Å². The molecular formula is C14H19BrN4O2. The third-order valence-electron chi connectivity index (χ3n) is 3.29. The number of nitrogens with one attached hydrogen (secondary N) is 2. The number of aromatic nitrogens is 1. The maximum atomic E-state index is 12.0. The zero-order valence-electron chi connectivity index (χ0n) is 12.3. The second-order valence-electron chi connectivity index (χ2n) is 6.03. The number of hydrogen-bond acceptors (Lipinski definition) is 3. The first-order chi connectivity index (χ1) is 9.77. The number of carbonyl (C=O) groups excluding carboxylic acids is 2. The summed E-state index contributed by atoms with van der Waals surface area (Å²) >= 11 is 3.32. The van der Waals surface area contributed by atoms with Crippen molar-refractivity contribution in [2.45, 2.75) is 38.8 Å². The van der Waals surface area contributed by atoms with Gasteiger partial charge in [0.25, 0.3) is 0 Å². The van der Waals surface area contributed by atoms with Crippen molar-refractivity contribution < 1.29 is 9.59 Å². The lowest BCUT2D eigenvalue weighted by molar-refractivity contribution is -0.131. The van der Waals surface area contributed by atoms with Gasteiger partial charge in [-0.1, -0.05) is 0 Å². The lowest BCUT2D eigenvalue weighted by Gasteiger charge is -2.32. The minimum absolute atomic E-state index is 0.0675. The van der Waals surface area contributed by atoms with Crippen LogP contribution in [0.3, 0.4) is 0 Å². The Morgan fingerprint density at radius 2 is 2.19 bits per heavy atom. The number of hydrogen-bond donors (Lipinski definition) is 2. The smallest absolute Gasteiger partial charge is 0.319 e. The molecule has 1 saturated heterocycles. The van der Waals surface area contributed by atoms with Crippen LogP contribution in [0.2, 0.25) is 0 Å². The van der Waals surface area contributed by atoms with E-state index in [0.29, 0.717) is 23.1 Å². The Morgan fingerprint density at radius 1 is 1.48 bits per heavy atom. The van der Waals surface area contributed by atoms with Crippen LogP contribution in [0.1, 0.15) is 27.2 Å². The van der Waals surface area contributed by atoms with Crippen molar-refractivity contribution in [2.24, 2.45) is 0 Å². The van der Waals surface area contributed by atoms with Crippen LogP contribution in [0.5, 0.6) is 0 Å². The van der Waals surface area contributed by atoms with E-state index in [9.17, 15) is 9.59 Å². The van der Waals surface area contributed by atoms with Crippen LogP contribution in [0, 0.1) is 0 Å². The van der Waals surface area contributed by atoms with Crippen molar-refractivity contribution >= 4 is 33.6 Å². The van der Waals surface area contributed by atoms with E-state index in [-0.39, 0.29) is 23.5 Å². The summed E-state index contributed by atoms with van der Waals surface area (Å²) in [6.45, 7) is 6.50. The van der Waals surface area contributed by atoms with Gasteiger partial charge in [0.05, 0.1) is 16.2 Å². The zero-order valence-corrected chi connectivity index (χ0v) is 13.9. The van der Waals surface area contributed by atoms with Crippen LogP contribution in [0.4, 0.5) is 10.5 Å².